The molecule has 1 aliphatic heterocycles. The third kappa shape index (κ3) is 4.76. The molecule has 0 bridgehead atoms. The number of hydrogen-bond donors (Lipinski definition) is 2. The van der Waals surface area contributed by atoms with Gasteiger partial charge in [-0.1, -0.05) is 26.8 Å². The van der Waals surface area contributed by atoms with E-state index < -0.39 is 0 Å². The van der Waals surface area contributed by atoms with Crippen LogP contribution in [0.4, 0.5) is 0 Å². The van der Waals surface area contributed by atoms with Crippen LogP contribution in [-0.4, -0.2) is 56.1 Å². The number of likely N-dealkylation sites (tertiary alicyclic amines) is 1. The average Bonchev–Trinajstić information content (AvgIpc) is 3.49. The van der Waals surface area contributed by atoms with Crippen molar-refractivity contribution in [3.63, 3.8) is 0 Å². The number of benzene rings is 1. The van der Waals surface area contributed by atoms with Gasteiger partial charge in [0.1, 0.15) is 6.33 Å². The van der Waals surface area contributed by atoms with Crippen LogP contribution in [0.3, 0.4) is 0 Å². The summed E-state index contributed by atoms with van der Waals surface area (Å²) in [6.07, 6.45) is 6.80. The van der Waals surface area contributed by atoms with Crippen molar-refractivity contribution in [2.75, 3.05) is 19.6 Å². The number of aromatic nitrogens is 4. The van der Waals surface area contributed by atoms with Crippen molar-refractivity contribution in [2.45, 2.75) is 71.8 Å². The molecule has 4 aromatic rings. The van der Waals surface area contributed by atoms with E-state index in [0.29, 0.717) is 18.4 Å². The zero-order valence-electron chi connectivity index (χ0n) is 22.1. The quantitative estimate of drug-likeness (QED) is 0.366. The molecule has 1 amide bonds. The van der Waals surface area contributed by atoms with E-state index in [1.165, 1.54) is 27.7 Å². The lowest BCUT2D eigenvalue weighted by Gasteiger charge is -2.32. The van der Waals surface area contributed by atoms with Gasteiger partial charge in [0.15, 0.2) is 5.65 Å². The Kier molecular flexibility index (Phi) is 6.84. The summed E-state index contributed by atoms with van der Waals surface area (Å²) in [6, 6.07) is 9.38. The Bertz CT molecular complexity index is 1380. The number of rotatable bonds is 7. The van der Waals surface area contributed by atoms with Crippen molar-refractivity contribution >= 4 is 22.5 Å². The van der Waals surface area contributed by atoms with Crippen molar-refractivity contribution in [3.8, 4) is 11.3 Å². The predicted molar refractivity (Wildman–Crippen MR) is 145 cm³/mol. The van der Waals surface area contributed by atoms with Crippen LogP contribution in [0, 0.1) is 6.92 Å². The van der Waals surface area contributed by atoms with Gasteiger partial charge in [0.25, 0.3) is 0 Å². The number of aromatic amines is 1. The van der Waals surface area contributed by atoms with Gasteiger partial charge >= 0.3 is 0 Å². The first-order valence-electron chi connectivity index (χ1n) is 13.3. The summed E-state index contributed by atoms with van der Waals surface area (Å²) in [6.45, 7) is 13.2. The zero-order valence-corrected chi connectivity index (χ0v) is 22.1. The molecular formula is C29H38N6O. The first kappa shape index (κ1) is 24.5. The summed E-state index contributed by atoms with van der Waals surface area (Å²) in [5.74, 6) is 1.04. The second kappa shape index (κ2) is 10.1. The normalized spacial score (nSPS) is 16.3. The maximum Gasteiger partial charge on any atom is 0.234 e. The third-order valence-electron chi connectivity index (χ3n) is 7.73. The second-order valence-corrected chi connectivity index (χ2v) is 10.7. The zero-order chi connectivity index (χ0) is 25.4. The molecule has 1 unspecified atom stereocenters. The SMILES string of the molecule is CCC(C)NC(=O)CN1CCC(c2ccc3[nH]c(-c4cc(C)c5ncnn5c4)c(C(C)C)c3c2)CC1. The molecule has 7 heteroatoms. The van der Waals surface area contributed by atoms with Gasteiger partial charge in [-0.3, -0.25) is 9.69 Å². The van der Waals surface area contributed by atoms with Crippen molar-refractivity contribution in [1.82, 2.24) is 29.8 Å². The lowest BCUT2D eigenvalue weighted by Crippen LogP contribution is -2.43. The molecule has 0 saturated carbocycles. The topological polar surface area (TPSA) is 78.3 Å². The standard InChI is InChI=1S/C29H38N6O/c1-6-20(5)32-26(36)16-34-11-9-21(10-12-34)22-7-8-25-24(14-22)27(18(2)3)28(33-25)23-13-19(4)29-30-17-31-35(29)15-23/h7-8,13-15,17-18,20-21,33H,6,9-12,16H2,1-5H3,(H,32,36). The molecular weight excluding hydrogens is 448 g/mol. The molecule has 0 radical (unpaired) electrons. The summed E-state index contributed by atoms with van der Waals surface area (Å²) in [5.41, 5.74) is 8.24. The number of pyridine rings is 1. The summed E-state index contributed by atoms with van der Waals surface area (Å²) < 4.78 is 1.86. The largest absolute Gasteiger partial charge is 0.354 e. The number of nitrogens with one attached hydrogen (secondary N) is 2. The molecule has 0 aliphatic carbocycles. The van der Waals surface area contributed by atoms with Gasteiger partial charge in [-0.25, -0.2) is 9.50 Å². The Morgan fingerprint density at radius 1 is 1.19 bits per heavy atom. The maximum atomic E-state index is 12.3. The maximum absolute atomic E-state index is 12.3. The Balaban J connectivity index is 1.38. The minimum atomic E-state index is 0.143. The van der Waals surface area contributed by atoms with Crippen LogP contribution in [0.15, 0.2) is 36.8 Å². The predicted octanol–water partition coefficient (Wildman–Crippen LogP) is 5.40. The molecule has 1 fully saturated rings. The fraction of sp³-hybridized carbons (Fsp3) is 0.483. The van der Waals surface area contributed by atoms with E-state index in [0.717, 1.165) is 49.1 Å². The summed E-state index contributed by atoms with van der Waals surface area (Å²) in [7, 11) is 0. The number of nitrogens with zero attached hydrogens (tertiary/aromatic N) is 4. The van der Waals surface area contributed by atoms with Crippen molar-refractivity contribution in [2.24, 2.45) is 0 Å². The molecule has 3 aromatic heterocycles. The number of amides is 1. The number of carbonyl (C=O) groups excluding carboxylic acids is 1. The van der Waals surface area contributed by atoms with Crippen molar-refractivity contribution < 1.29 is 4.79 Å². The highest BCUT2D eigenvalue weighted by atomic mass is 16.2. The summed E-state index contributed by atoms with van der Waals surface area (Å²) >= 11 is 0. The van der Waals surface area contributed by atoms with Gasteiger partial charge in [0.05, 0.1) is 12.2 Å². The van der Waals surface area contributed by atoms with Crippen LogP contribution in [0.1, 0.15) is 75.5 Å². The van der Waals surface area contributed by atoms with Gasteiger partial charge in [-0.15, -0.1) is 0 Å². The number of fused-ring (bicyclic) bond motifs is 2. The van der Waals surface area contributed by atoms with E-state index in [-0.39, 0.29) is 11.9 Å². The molecule has 7 nitrogen and oxygen atoms in total. The second-order valence-electron chi connectivity index (χ2n) is 10.7. The number of hydrogen-bond acceptors (Lipinski definition) is 4. The number of aryl methyl sites for hydroxylation is 1. The molecule has 1 aromatic carbocycles. The average molecular weight is 487 g/mol. The van der Waals surface area contributed by atoms with Crippen LogP contribution in [0.25, 0.3) is 27.8 Å². The van der Waals surface area contributed by atoms with E-state index in [4.69, 9.17) is 0 Å². The molecule has 36 heavy (non-hydrogen) atoms. The smallest absolute Gasteiger partial charge is 0.234 e. The lowest BCUT2D eigenvalue weighted by molar-refractivity contribution is -0.123. The molecule has 1 saturated heterocycles. The Morgan fingerprint density at radius 2 is 1.97 bits per heavy atom. The fourth-order valence-corrected chi connectivity index (χ4v) is 5.59. The Labute approximate surface area is 213 Å². The van der Waals surface area contributed by atoms with Crippen LogP contribution in [0.5, 0.6) is 0 Å². The molecule has 5 rings (SSSR count). The first-order valence-corrected chi connectivity index (χ1v) is 13.3. The van der Waals surface area contributed by atoms with Crippen molar-refractivity contribution in [1.29, 1.82) is 0 Å². The van der Waals surface area contributed by atoms with Gasteiger partial charge in [-0.05, 0) is 92.9 Å². The lowest BCUT2D eigenvalue weighted by atomic mass is 9.87. The van der Waals surface area contributed by atoms with E-state index in [1.54, 1.807) is 6.33 Å². The highest BCUT2D eigenvalue weighted by Gasteiger charge is 2.24. The van der Waals surface area contributed by atoms with Gasteiger partial charge in [0, 0.05) is 28.7 Å². The van der Waals surface area contributed by atoms with Crippen molar-refractivity contribution in [3.05, 3.63) is 53.5 Å². The molecule has 1 aliphatic rings. The van der Waals surface area contributed by atoms with Gasteiger partial charge in [0.2, 0.25) is 5.91 Å². The molecule has 4 heterocycles. The Hall–Kier alpha value is -3.19. The fourth-order valence-electron chi connectivity index (χ4n) is 5.59. The highest BCUT2D eigenvalue weighted by Crippen LogP contribution is 2.38. The monoisotopic (exact) mass is 486 g/mol. The molecule has 0 spiro atoms. The summed E-state index contributed by atoms with van der Waals surface area (Å²) in [4.78, 5) is 22.7. The first-order chi connectivity index (χ1) is 17.3. The number of carbonyl (C=O) groups is 1. The minimum Gasteiger partial charge on any atom is -0.354 e. The third-order valence-corrected chi connectivity index (χ3v) is 7.73. The van der Waals surface area contributed by atoms with Crippen LogP contribution in [0.2, 0.25) is 0 Å². The van der Waals surface area contributed by atoms with Crippen LogP contribution >= 0.6 is 0 Å². The Morgan fingerprint density at radius 3 is 2.69 bits per heavy atom. The summed E-state index contributed by atoms with van der Waals surface area (Å²) in [5, 5.41) is 8.77. The van der Waals surface area contributed by atoms with Gasteiger partial charge < -0.3 is 10.3 Å². The number of piperidine rings is 1. The van der Waals surface area contributed by atoms with Crippen LogP contribution < -0.4 is 5.32 Å². The minimum absolute atomic E-state index is 0.143. The van der Waals surface area contributed by atoms with Gasteiger partial charge in [-0.2, -0.15) is 5.10 Å². The van der Waals surface area contributed by atoms with E-state index >= 15 is 0 Å². The molecule has 1 atom stereocenters. The highest BCUT2D eigenvalue weighted by molar-refractivity contribution is 5.92. The van der Waals surface area contributed by atoms with E-state index in [9.17, 15) is 4.79 Å². The molecule has 2 N–H and O–H groups in total. The van der Waals surface area contributed by atoms with Crippen LogP contribution in [-0.2, 0) is 4.79 Å². The van der Waals surface area contributed by atoms with E-state index in [2.05, 4.69) is 90.4 Å². The van der Waals surface area contributed by atoms with E-state index in [1.807, 2.05) is 4.52 Å². The number of H-pyrrole nitrogens is 1. The molecule has 190 valence electrons.